The van der Waals surface area contributed by atoms with E-state index >= 15 is 0 Å². The Morgan fingerprint density at radius 2 is 1.53 bits per heavy atom. The molecule has 0 spiro atoms. The molecule has 19 heavy (non-hydrogen) atoms. The highest BCUT2D eigenvalue weighted by molar-refractivity contribution is 7.41. The Kier molecular flexibility index (Phi) is 4.81. The fourth-order valence-electron chi connectivity index (χ4n) is 2.98. The van der Waals surface area contributed by atoms with Crippen molar-refractivity contribution in [2.75, 3.05) is 0 Å². The summed E-state index contributed by atoms with van der Waals surface area (Å²) in [6, 6.07) is 2.19. The monoisotopic (exact) mass is 275 g/mol. The minimum Gasteiger partial charge on any atom is -0.824 e. The summed E-state index contributed by atoms with van der Waals surface area (Å²) < 4.78 is 0. The van der Waals surface area contributed by atoms with Crippen molar-refractivity contribution in [2.24, 2.45) is 0 Å². The van der Waals surface area contributed by atoms with E-state index in [0.29, 0.717) is 11.1 Å². The van der Waals surface area contributed by atoms with Crippen molar-refractivity contribution >= 4 is 13.7 Å². The van der Waals surface area contributed by atoms with Crippen LogP contribution in [0.25, 0.3) is 0 Å². The highest BCUT2D eigenvalue weighted by Crippen LogP contribution is 2.30. The summed E-state index contributed by atoms with van der Waals surface area (Å²) in [6.45, 7) is 8.39. The van der Waals surface area contributed by atoms with Gasteiger partial charge < -0.3 is 5.11 Å². The maximum absolute atomic E-state index is 12.6. The molecule has 1 aromatic carbocycles. The SMILES string of the molecule is Cc1cc(C)c(C)c(C([O-])=PC2CCCCC2)c1C. The minimum atomic E-state index is 0.341. The first kappa shape index (κ1) is 14.8. The Hall–Kier alpha value is -0.650. The zero-order valence-corrected chi connectivity index (χ0v) is 13.4. The van der Waals surface area contributed by atoms with Gasteiger partial charge in [0.2, 0.25) is 0 Å². The van der Waals surface area contributed by atoms with Gasteiger partial charge >= 0.3 is 0 Å². The number of hydrogen-bond acceptors (Lipinski definition) is 1. The van der Waals surface area contributed by atoms with E-state index in [1.807, 2.05) is 0 Å². The zero-order valence-electron chi connectivity index (χ0n) is 12.5. The number of benzene rings is 1. The van der Waals surface area contributed by atoms with Crippen molar-refractivity contribution in [3.63, 3.8) is 0 Å². The van der Waals surface area contributed by atoms with Crippen LogP contribution in [0.15, 0.2) is 6.07 Å². The molecule has 0 radical (unpaired) electrons. The average molecular weight is 275 g/mol. The van der Waals surface area contributed by atoms with E-state index in [2.05, 4.69) is 33.8 Å². The molecule has 0 N–H and O–H groups in total. The largest absolute Gasteiger partial charge is 0.824 e. The summed E-state index contributed by atoms with van der Waals surface area (Å²) in [4.78, 5) is 0. The van der Waals surface area contributed by atoms with E-state index in [4.69, 9.17) is 0 Å². The molecule has 1 aromatic rings. The van der Waals surface area contributed by atoms with E-state index < -0.39 is 0 Å². The number of aryl methyl sites for hydroxylation is 2. The van der Waals surface area contributed by atoms with E-state index in [1.165, 1.54) is 54.4 Å². The highest BCUT2D eigenvalue weighted by atomic mass is 31.1. The van der Waals surface area contributed by atoms with E-state index in [0.717, 1.165) is 13.8 Å². The van der Waals surface area contributed by atoms with Crippen LogP contribution >= 0.6 is 8.20 Å². The van der Waals surface area contributed by atoms with Gasteiger partial charge in [-0.05, 0) is 74.0 Å². The van der Waals surface area contributed by atoms with Gasteiger partial charge in [-0.15, -0.1) is 13.7 Å². The molecule has 0 saturated heterocycles. The Morgan fingerprint density at radius 3 is 2.05 bits per heavy atom. The second-order valence-electron chi connectivity index (χ2n) is 5.86. The summed E-state index contributed by atoms with van der Waals surface area (Å²) in [5.74, 6) is 0. The first-order valence-corrected chi connectivity index (χ1v) is 8.29. The van der Waals surface area contributed by atoms with Crippen molar-refractivity contribution in [2.45, 2.75) is 65.5 Å². The lowest BCUT2D eigenvalue weighted by Gasteiger charge is -2.25. The third kappa shape index (κ3) is 3.27. The fraction of sp³-hybridized carbons (Fsp3) is 0.588. The van der Waals surface area contributed by atoms with Gasteiger partial charge in [-0.3, -0.25) is 0 Å². The summed E-state index contributed by atoms with van der Waals surface area (Å²) in [7, 11) is 1.03. The molecule has 1 saturated carbocycles. The van der Waals surface area contributed by atoms with Crippen molar-refractivity contribution in [3.8, 4) is 0 Å². The standard InChI is InChI=1S/C17H25OP/c1-11-10-12(2)14(4)16(13(11)3)17(18)19-15-8-6-5-7-9-15/h10,15,18H,5-9H2,1-4H3/p-1. The van der Waals surface area contributed by atoms with Gasteiger partial charge in [-0.1, -0.05) is 25.3 Å². The van der Waals surface area contributed by atoms with E-state index in [1.54, 1.807) is 0 Å². The maximum Gasteiger partial charge on any atom is -0.0000723 e. The molecule has 2 heteroatoms. The molecule has 0 atom stereocenters. The molecule has 1 nitrogen and oxygen atoms in total. The average Bonchev–Trinajstić information content (AvgIpc) is 2.38. The lowest BCUT2D eigenvalue weighted by molar-refractivity contribution is -0.207. The van der Waals surface area contributed by atoms with Crippen LogP contribution in [-0.2, 0) is 0 Å². The topological polar surface area (TPSA) is 23.1 Å². The van der Waals surface area contributed by atoms with Crippen LogP contribution in [0.3, 0.4) is 0 Å². The highest BCUT2D eigenvalue weighted by Gasteiger charge is 2.13. The molecule has 1 aliphatic carbocycles. The van der Waals surface area contributed by atoms with Crippen LogP contribution in [0, 0.1) is 27.7 Å². The Balaban J connectivity index is 2.37. The van der Waals surface area contributed by atoms with Gasteiger partial charge in [-0.25, -0.2) is 0 Å². The van der Waals surface area contributed by atoms with Crippen molar-refractivity contribution in [1.82, 2.24) is 0 Å². The molecule has 0 aromatic heterocycles. The molecule has 2 rings (SSSR count). The number of hydrogen-bond donors (Lipinski definition) is 0. The number of rotatable bonds is 2. The lowest BCUT2D eigenvalue weighted by atomic mass is 9.95. The summed E-state index contributed by atoms with van der Waals surface area (Å²) in [5, 5.41) is 12.6. The fourth-order valence-corrected chi connectivity index (χ4v) is 4.40. The van der Waals surface area contributed by atoms with E-state index in [-0.39, 0.29) is 0 Å². The van der Waals surface area contributed by atoms with Gasteiger partial charge in [0.05, 0.1) is 0 Å². The quantitative estimate of drug-likeness (QED) is 0.747. The van der Waals surface area contributed by atoms with Gasteiger partial charge in [-0.2, -0.15) is 0 Å². The normalized spacial score (nSPS) is 17.8. The van der Waals surface area contributed by atoms with Gasteiger partial charge in [0.15, 0.2) is 0 Å². The smallest absolute Gasteiger partial charge is 0.0000723 e. The second kappa shape index (κ2) is 6.20. The van der Waals surface area contributed by atoms with Gasteiger partial charge in [0, 0.05) is 0 Å². The molecule has 104 valence electrons. The lowest BCUT2D eigenvalue weighted by Crippen LogP contribution is -2.22. The van der Waals surface area contributed by atoms with Gasteiger partial charge in [0.25, 0.3) is 0 Å². The van der Waals surface area contributed by atoms with Crippen LogP contribution < -0.4 is 5.11 Å². The van der Waals surface area contributed by atoms with Crippen LogP contribution in [0.5, 0.6) is 0 Å². The summed E-state index contributed by atoms with van der Waals surface area (Å²) in [5.41, 5.74) is 6.77. The molecular weight excluding hydrogens is 251 g/mol. The van der Waals surface area contributed by atoms with Gasteiger partial charge in [0.1, 0.15) is 0 Å². The molecule has 0 bridgehead atoms. The third-order valence-corrected chi connectivity index (χ3v) is 5.79. The maximum atomic E-state index is 12.6. The van der Waals surface area contributed by atoms with Crippen LogP contribution in [-0.4, -0.2) is 11.1 Å². The summed E-state index contributed by atoms with van der Waals surface area (Å²) >= 11 is 0. The molecular formula is C17H24OP-. The predicted octanol–water partition coefficient (Wildman–Crippen LogP) is 4.04. The Labute approximate surface area is 118 Å². The molecule has 1 aliphatic rings. The molecule has 0 aliphatic heterocycles. The first-order valence-electron chi connectivity index (χ1n) is 7.33. The van der Waals surface area contributed by atoms with Crippen LogP contribution in [0.2, 0.25) is 0 Å². The molecule has 0 heterocycles. The van der Waals surface area contributed by atoms with Crippen LogP contribution in [0.1, 0.15) is 59.9 Å². The predicted molar refractivity (Wildman–Crippen MR) is 83.3 cm³/mol. The third-order valence-electron chi connectivity index (χ3n) is 4.45. The van der Waals surface area contributed by atoms with Crippen molar-refractivity contribution in [1.29, 1.82) is 0 Å². The molecule has 0 amide bonds. The summed E-state index contributed by atoms with van der Waals surface area (Å²) in [6.07, 6.45) is 6.42. The first-order chi connectivity index (χ1) is 9.00. The Bertz CT molecular complexity index is 470. The molecule has 1 fully saturated rings. The van der Waals surface area contributed by atoms with Crippen molar-refractivity contribution in [3.05, 3.63) is 33.9 Å². The van der Waals surface area contributed by atoms with Crippen molar-refractivity contribution < 1.29 is 5.11 Å². The molecule has 0 unspecified atom stereocenters. The minimum absolute atomic E-state index is 0.341. The van der Waals surface area contributed by atoms with E-state index in [9.17, 15) is 5.11 Å². The zero-order chi connectivity index (χ0) is 14.0. The Morgan fingerprint density at radius 1 is 1.00 bits per heavy atom. The van der Waals surface area contributed by atoms with Crippen LogP contribution in [0.4, 0.5) is 0 Å². The second-order valence-corrected chi connectivity index (χ2v) is 7.26.